The molecule has 28 heavy (non-hydrogen) atoms. The number of rotatable bonds is 5. The summed E-state index contributed by atoms with van der Waals surface area (Å²) in [5.41, 5.74) is 3.44. The zero-order valence-electron chi connectivity index (χ0n) is 15.8. The first kappa shape index (κ1) is 19.1. The van der Waals surface area contributed by atoms with E-state index in [1.165, 1.54) is 0 Å². The second-order valence-electron chi connectivity index (χ2n) is 6.20. The van der Waals surface area contributed by atoms with Gasteiger partial charge in [-0.3, -0.25) is 15.1 Å². The molecule has 1 amide bonds. The summed E-state index contributed by atoms with van der Waals surface area (Å²) in [6.45, 7) is 2.42. The van der Waals surface area contributed by atoms with E-state index in [2.05, 4.69) is 20.6 Å². The number of aromatic nitrogens is 1. The zero-order valence-corrected chi connectivity index (χ0v) is 15.8. The van der Waals surface area contributed by atoms with Crippen LogP contribution in [0, 0.1) is 6.92 Å². The predicted octanol–water partition coefficient (Wildman–Crippen LogP) is 3.80. The van der Waals surface area contributed by atoms with Crippen molar-refractivity contribution in [3.05, 3.63) is 89.7 Å². The first-order chi connectivity index (χ1) is 13.6. The molecule has 0 aliphatic carbocycles. The van der Waals surface area contributed by atoms with E-state index in [1.807, 2.05) is 43.3 Å². The van der Waals surface area contributed by atoms with Gasteiger partial charge >= 0.3 is 0 Å². The molecule has 2 aromatic carbocycles. The lowest BCUT2D eigenvalue weighted by atomic mass is 10.2. The van der Waals surface area contributed by atoms with E-state index < -0.39 is 0 Å². The van der Waals surface area contributed by atoms with Gasteiger partial charge in [0.25, 0.3) is 5.91 Å². The Morgan fingerprint density at radius 3 is 2.61 bits per heavy atom. The third kappa shape index (κ3) is 5.41. The number of hydrogen-bond acceptors (Lipinski definition) is 4. The number of carbonyl (C=O) groups is 1. The van der Waals surface area contributed by atoms with Crippen molar-refractivity contribution in [1.82, 2.24) is 10.3 Å². The van der Waals surface area contributed by atoms with Gasteiger partial charge in [-0.1, -0.05) is 18.2 Å². The lowest BCUT2D eigenvalue weighted by Gasteiger charge is -2.13. The molecule has 1 aromatic heterocycles. The largest absolute Gasteiger partial charge is 0.497 e. The second-order valence-corrected chi connectivity index (χ2v) is 6.20. The smallest absolute Gasteiger partial charge is 0.258 e. The van der Waals surface area contributed by atoms with Crippen LogP contribution in [-0.2, 0) is 6.54 Å². The minimum Gasteiger partial charge on any atom is -0.497 e. The first-order valence-electron chi connectivity index (χ1n) is 8.86. The Balaban J connectivity index is 1.81. The lowest BCUT2D eigenvalue weighted by Crippen LogP contribution is -2.36. The molecule has 0 atom stereocenters. The topological polar surface area (TPSA) is 75.6 Å². The van der Waals surface area contributed by atoms with E-state index in [0.29, 0.717) is 23.8 Å². The van der Waals surface area contributed by atoms with Gasteiger partial charge in [0.15, 0.2) is 0 Å². The van der Waals surface area contributed by atoms with E-state index in [1.54, 1.807) is 43.8 Å². The molecule has 0 aliphatic heterocycles. The van der Waals surface area contributed by atoms with Gasteiger partial charge < -0.3 is 10.1 Å². The van der Waals surface area contributed by atoms with E-state index in [9.17, 15) is 4.79 Å². The summed E-state index contributed by atoms with van der Waals surface area (Å²) >= 11 is 0. The molecule has 0 spiro atoms. The van der Waals surface area contributed by atoms with Crippen LogP contribution in [0.5, 0.6) is 5.75 Å². The van der Waals surface area contributed by atoms with Crippen molar-refractivity contribution >= 4 is 17.6 Å². The van der Waals surface area contributed by atoms with Crippen molar-refractivity contribution in [1.29, 1.82) is 0 Å². The number of aryl methyl sites for hydroxylation is 1. The van der Waals surface area contributed by atoms with Crippen molar-refractivity contribution < 1.29 is 9.53 Å². The van der Waals surface area contributed by atoms with Crippen LogP contribution in [0.1, 0.15) is 21.5 Å². The summed E-state index contributed by atoms with van der Waals surface area (Å²) < 4.78 is 5.19. The summed E-state index contributed by atoms with van der Waals surface area (Å²) in [6.07, 6.45) is 3.43. The molecule has 6 nitrogen and oxygen atoms in total. The lowest BCUT2D eigenvalue weighted by molar-refractivity contribution is 0.0976. The van der Waals surface area contributed by atoms with Crippen molar-refractivity contribution in [2.75, 3.05) is 12.4 Å². The van der Waals surface area contributed by atoms with E-state index >= 15 is 0 Å². The van der Waals surface area contributed by atoms with Crippen molar-refractivity contribution in [3.8, 4) is 5.75 Å². The number of guanidine groups is 1. The average Bonchev–Trinajstić information content (AvgIpc) is 2.73. The SMILES string of the molecule is COc1cccc(C(=O)NC(=NCc2ccncc2)Nc2cccc(C)c2)c1. The summed E-state index contributed by atoms with van der Waals surface area (Å²) in [7, 11) is 1.57. The van der Waals surface area contributed by atoms with Crippen molar-refractivity contribution in [2.24, 2.45) is 4.99 Å². The fourth-order valence-corrected chi connectivity index (χ4v) is 2.57. The third-order valence-corrected chi connectivity index (χ3v) is 4.01. The molecular weight excluding hydrogens is 352 g/mol. The Hall–Kier alpha value is -3.67. The van der Waals surface area contributed by atoms with Gasteiger partial charge in [-0.2, -0.15) is 0 Å². The predicted molar refractivity (Wildman–Crippen MR) is 111 cm³/mol. The Bertz CT molecular complexity index is 971. The molecule has 0 radical (unpaired) electrons. The standard InChI is InChI=1S/C22H22N4O2/c1-16-5-3-7-19(13-16)25-22(24-15-17-9-11-23-12-10-17)26-21(27)18-6-4-8-20(14-18)28-2/h3-14H,15H2,1-2H3,(H2,24,25,26,27). The Kier molecular flexibility index (Phi) is 6.36. The molecule has 6 heteroatoms. The number of nitrogens with one attached hydrogen (secondary N) is 2. The molecule has 3 aromatic rings. The highest BCUT2D eigenvalue weighted by Crippen LogP contribution is 2.13. The quantitative estimate of drug-likeness (QED) is 0.526. The van der Waals surface area contributed by atoms with Crippen LogP contribution in [0.25, 0.3) is 0 Å². The third-order valence-electron chi connectivity index (χ3n) is 4.01. The van der Waals surface area contributed by atoms with Crippen LogP contribution in [0.4, 0.5) is 5.69 Å². The highest BCUT2D eigenvalue weighted by molar-refractivity contribution is 6.10. The normalized spacial score (nSPS) is 11.0. The van der Waals surface area contributed by atoms with Crippen LogP contribution in [-0.4, -0.2) is 24.0 Å². The number of anilines is 1. The van der Waals surface area contributed by atoms with Gasteiger partial charge in [-0.15, -0.1) is 0 Å². The Labute approximate surface area is 164 Å². The minimum atomic E-state index is -0.271. The molecule has 0 aliphatic rings. The van der Waals surface area contributed by atoms with Crippen molar-refractivity contribution in [2.45, 2.75) is 13.5 Å². The summed E-state index contributed by atoms with van der Waals surface area (Å²) in [6, 6.07) is 18.6. The molecule has 142 valence electrons. The van der Waals surface area contributed by atoms with Gasteiger partial charge in [0.05, 0.1) is 13.7 Å². The van der Waals surface area contributed by atoms with Gasteiger partial charge in [-0.05, 0) is 60.5 Å². The van der Waals surface area contributed by atoms with E-state index in [4.69, 9.17) is 4.74 Å². The van der Waals surface area contributed by atoms with E-state index in [-0.39, 0.29) is 5.91 Å². The molecule has 0 unspecified atom stereocenters. The summed E-state index contributed by atoms with van der Waals surface area (Å²) in [5.74, 6) is 0.720. The van der Waals surface area contributed by atoms with Crippen LogP contribution in [0.2, 0.25) is 0 Å². The number of methoxy groups -OCH3 is 1. The number of nitrogens with zero attached hydrogens (tertiary/aromatic N) is 2. The molecule has 0 fully saturated rings. The number of carbonyl (C=O) groups excluding carboxylic acids is 1. The maximum atomic E-state index is 12.7. The number of hydrogen-bond donors (Lipinski definition) is 2. The Morgan fingerprint density at radius 2 is 1.86 bits per heavy atom. The molecule has 2 N–H and O–H groups in total. The maximum Gasteiger partial charge on any atom is 0.258 e. The van der Waals surface area contributed by atoms with Crippen LogP contribution >= 0.6 is 0 Å². The molecular formula is C22H22N4O2. The van der Waals surface area contributed by atoms with Gasteiger partial charge in [0.1, 0.15) is 5.75 Å². The van der Waals surface area contributed by atoms with Gasteiger partial charge in [-0.25, -0.2) is 4.99 Å². The van der Waals surface area contributed by atoms with Crippen LogP contribution in [0.15, 0.2) is 78.0 Å². The highest BCUT2D eigenvalue weighted by Gasteiger charge is 2.10. The Morgan fingerprint density at radius 1 is 1.07 bits per heavy atom. The van der Waals surface area contributed by atoms with E-state index in [0.717, 1.165) is 16.8 Å². The van der Waals surface area contributed by atoms with Crippen LogP contribution in [0.3, 0.4) is 0 Å². The number of pyridine rings is 1. The molecule has 1 heterocycles. The number of aliphatic imine (C=N–C) groups is 1. The van der Waals surface area contributed by atoms with Gasteiger partial charge in [0, 0.05) is 23.6 Å². The monoisotopic (exact) mass is 374 g/mol. The average molecular weight is 374 g/mol. The maximum absolute atomic E-state index is 12.7. The number of benzene rings is 2. The molecule has 3 rings (SSSR count). The fourth-order valence-electron chi connectivity index (χ4n) is 2.57. The van der Waals surface area contributed by atoms with Gasteiger partial charge in [0.2, 0.25) is 5.96 Å². The second kappa shape index (κ2) is 9.32. The molecule has 0 bridgehead atoms. The zero-order chi connectivity index (χ0) is 19.8. The number of amides is 1. The molecule has 0 saturated heterocycles. The summed E-state index contributed by atoms with van der Waals surface area (Å²) in [4.78, 5) is 21.2. The highest BCUT2D eigenvalue weighted by atomic mass is 16.5. The van der Waals surface area contributed by atoms with Crippen molar-refractivity contribution in [3.63, 3.8) is 0 Å². The first-order valence-corrected chi connectivity index (χ1v) is 8.86. The number of ether oxygens (including phenoxy) is 1. The summed E-state index contributed by atoms with van der Waals surface area (Å²) in [5, 5.41) is 6.04. The minimum absolute atomic E-state index is 0.271. The molecule has 0 saturated carbocycles. The van der Waals surface area contributed by atoms with Crippen LogP contribution < -0.4 is 15.4 Å². The fraction of sp³-hybridized carbons (Fsp3) is 0.136.